The second kappa shape index (κ2) is 8.54. The van der Waals surface area contributed by atoms with Gasteiger partial charge in [-0.15, -0.1) is 0 Å². The van der Waals surface area contributed by atoms with E-state index in [2.05, 4.69) is 48.7 Å². The lowest BCUT2D eigenvalue weighted by atomic mass is 10.1. The van der Waals surface area contributed by atoms with Crippen molar-refractivity contribution in [3.8, 4) is 0 Å². The highest BCUT2D eigenvalue weighted by Crippen LogP contribution is 2.17. The Morgan fingerprint density at radius 2 is 1.00 bits per heavy atom. The molecule has 2 rings (SSSR count). The average Bonchev–Trinajstić information content (AvgIpc) is 2.52. The predicted molar refractivity (Wildman–Crippen MR) is 95.7 cm³/mol. The molecule has 0 spiro atoms. The van der Waals surface area contributed by atoms with Crippen molar-refractivity contribution in [1.82, 2.24) is 10.6 Å². The molecule has 0 aromatic heterocycles. The third-order valence-electron chi connectivity index (χ3n) is 3.77. The number of hydrogen-bond donors (Lipinski definition) is 2. The Morgan fingerprint density at radius 3 is 1.32 bits per heavy atom. The van der Waals surface area contributed by atoms with Gasteiger partial charge in [-0.1, -0.05) is 47.5 Å². The van der Waals surface area contributed by atoms with E-state index in [-0.39, 0.29) is 0 Å². The lowest BCUT2D eigenvalue weighted by Crippen LogP contribution is -2.30. The van der Waals surface area contributed by atoms with Crippen LogP contribution in [0.25, 0.3) is 0 Å². The number of hydrogen-bond acceptors (Lipinski definition) is 2. The number of rotatable bonds is 7. The van der Waals surface area contributed by atoms with Gasteiger partial charge >= 0.3 is 0 Å². The van der Waals surface area contributed by atoms with Crippen LogP contribution >= 0.6 is 23.2 Å². The van der Waals surface area contributed by atoms with Crippen LogP contribution in [-0.4, -0.2) is 13.1 Å². The highest BCUT2D eigenvalue weighted by Gasteiger charge is 2.06. The van der Waals surface area contributed by atoms with Crippen molar-refractivity contribution in [2.45, 2.75) is 25.9 Å². The molecule has 0 aliphatic heterocycles. The number of halogens is 2. The van der Waals surface area contributed by atoms with E-state index < -0.39 is 0 Å². The van der Waals surface area contributed by atoms with Crippen molar-refractivity contribution in [3.05, 3.63) is 69.7 Å². The molecule has 4 heteroatoms. The van der Waals surface area contributed by atoms with Gasteiger partial charge in [-0.3, -0.25) is 0 Å². The summed E-state index contributed by atoms with van der Waals surface area (Å²) in [6.45, 7) is 6.13. The zero-order valence-corrected chi connectivity index (χ0v) is 14.5. The first-order chi connectivity index (χ1) is 10.6. The standard InChI is InChI=1S/C18H22Cl2N2/c1-13(15-3-7-17(19)8-4-15)21-11-12-22-14(2)16-5-9-18(20)10-6-16/h3-10,13-14,21-22H,11-12H2,1-2H3/t13-,14-/m1/s1. The molecule has 0 saturated heterocycles. The highest BCUT2D eigenvalue weighted by molar-refractivity contribution is 6.30. The van der Waals surface area contributed by atoms with Gasteiger partial charge < -0.3 is 10.6 Å². The maximum atomic E-state index is 5.91. The molecule has 0 saturated carbocycles. The Labute approximate surface area is 142 Å². The molecular formula is C18H22Cl2N2. The summed E-state index contributed by atoms with van der Waals surface area (Å²) in [6.07, 6.45) is 0. The first-order valence-corrected chi connectivity index (χ1v) is 8.29. The topological polar surface area (TPSA) is 24.1 Å². The molecule has 2 nitrogen and oxygen atoms in total. The van der Waals surface area contributed by atoms with E-state index in [0.29, 0.717) is 12.1 Å². The minimum absolute atomic E-state index is 0.310. The fourth-order valence-corrected chi connectivity index (χ4v) is 2.57. The largest absolute Gasteiger partial charge is 0.309 e. The molecule has 0 heterocycles. The predicted octanol–water partition coefficient (Wildman–Crippen LogP) is 4.99. The molecule has 118 valence electrons. The Hall–Kier alpha value is -1.06. The van der Waals surface area contributed by atoms with Gasteiger partial charge in [-0.25, -0.2) is 0 Å². The Balaban J connectivity index is 1.72. The van der Waals surface area contributed by atoms with Gasteiger partial charge in [-0.05, 0) is 49.2 Å². The van der Waals surface area contributed by atoms with Crippen molar-refractivity contribution >= 4 is 23.2 Å². The Kier molecular flexibility index (Phi) is 6.71. The summed E-state index contributed by atoms with van der Waals surface area (Å²) in [6, 6.07) is 16.6. The summed E-state index contributed by atoms with van der Waals surface area (Å²) in [7, 11) is 0. The van der Waals surface area contributed by atoms with Crippen molar-refractivity contribution in [1.29, 1.82) is 0 Å². The van der Waals surface area contributed by atoms with E-state index in [0.717, 1.165) is 23.1 Å². The molecule has 0 aliphatic carbocycles. The maximum absolute atomic E-state index is 5.91. The molecule has 22 heavy (non-hydrogen) atoms. The Bertz CT molecular complexity index is 513. The van der Waals surface area contributed by atoms with Crippen LogP contribution in [0.3, 0.4) is 0 Å². The lowest BCUT2D eigenvalue weighted by Gasteiger charge is -2.17. The molecule has 0 fully saturated rings. The maximum Gasteiger partial charge on any atom is 0.0406 e. The first kappa shape index (κ1) is 17.3. The number of nitrogens with one attached hydrogen (secondary N) is 2. The summed E-state index contributed by atoms with van der Waals surface area (Å²) in [5.41, 5.74) is 2.49. The van der Waals surface area contributed by atoms with Crippen LogP contribution in [0.15, 0.2) is 48.5 Å². The van der Waals surface area contributed by atoms with E-state index in [1.165, 1.54) is 11.1 Å². The van der Waals surface area contributed by atoms with Crippen LogP contribution in [0, 0.1) is 0 Å². The fraction of sp³-hybridized carbons (Fsp3) is 0.333. The van der Waals surface area contributed by atoms with Gasteiger partial charge in [-0.2, -0.15) is 0 Å². The van der Waals surface area contributed by atoms with Crippen LogP contribution in [0.1, 0.15) is 37.1 Å². The normalized spacial score (nSPS) is 13.8. The average molecular weight is 337 g/mol. The van der Waals surface area contributed by atoms with E-state index in [4.69, 9.17) is 23.2 Å². The second-order valence-corrected chi connectivity index (χ2v) is 6.33. The van der Waals surface area contributed by atoms with Crippen LogP contribution in [0.5, 0.6) is 0 Å². The molecule has 2 aromatic carbocycles. The molecule has 0 aliphatic rings. The van der Waals surface area contributed by atoms with Crippen molar-refractivity contribution in [2.24, 2.45) is 0 Å². The van der Waals surface area contributed by atoms with Gasteiger partial charge in [0.15, 0.2) is 0 Å². The minimum Gasteiger partial charge on any atom is -0.309 e. The van der Waals surface area contributed by atoms with E-state index >= 15 is 0 Å². The third-order valence-corrected chi connectivity index (χ3v) is 4.27. The molecule has 0 amide bonds. The van der Waals surface area contributed by atoms with Crippen LogP contribution < -0.4 is 10.6 Å². The molecule has 0 bridgehead atoms. The summed E-state index contributed by atoms with van der Waals surface area (Å²) in [5, 5.41) is 8.56. The van der Waals surface area contributed by atoms with E-state index in [9.17, 15) is 0 Å². The molecule has 0 unspecified atom stereocenters. The molecule has 2 atom stereocenters. The summed E-state index contributed by atoms with van der Waals surface area (Å²) < 4.78 is 0. The summed E-state index contributed by atoms with van der Waals surface area (Å²) in [4.78, 5) is 0. The second-order valence-electron chi connectivity index (χ2n) is 5.45. The molecular weight excluding hydrogens is 315 g/mol. The smallest absolute Gasteiger partial charge is 0.0406 e. The van der Waals surface area contributed by atoms with E-state index in [1.54, 1.807) is 0 Å². The van der Waals surface area contributed by atoms with E-state index in [1.807, 2.05) is 24.3 Å². The lowest BCUT2D eigenvalue weighted by molar-refractivity contribution is 0.512. The van der Waals surface area contributed by atoms with Crippen LogP contribution in [0.4, 0.5) is 0 Å². The third kappa shape index (κ3) is 5.29. The zero-order valence-electron chi connectivity index (χ0n) is 12.9. The highest BCUT2D eigenvalue weighted by atomic mass is 35.5. The molecule has 2 N–H and O–H groups in total. The zero-order chi connectivity index (χ0) is 15.9. The molecule has 2 aromatic rings. The van der Waals surface area contributed by atoms with Crippen molar-refractivity contribution < 1.29 is 0 Å². The van der Waals surface area contributed by atoms with Crippen molar-refractivity contribution in [2.75, 3.05) is 13.1 Å². The molecule has 0 radical (unpaired) electrons. The van der Waals surface area contributed by atoms with Gasteiger partial charge in [0.2, 0.25) is 0 Å². The monoisotopic (exact) mass is 336 g/mol. The SMILES string of the molecule is C[C@@H](NCCN[C@H](C)c1ccc(Cl)cc1)c1ccc(Cl)cc1. The Morgan fingerprint density at radius 1 is 0.682 bits per heavy atom. The first-order valence-electron chi connectivity index (χ1n) is 7.54. The van der Waals surface area contributed by atoms with Crippen molar-refractivity contribution in [3.63, 3.8) is 0 Å². The summed E-state index contributed by atoms with van der Waals surface area (Å²) in [5.74, 6) is 0. The summed E-state index contributed by atoms with van der Waals surface area (Å²) >= 11 is 11.8. The van der Waals surface area contributed by atoms with Crippen LogP contribution in [-0.2, 0) is 0 Å². The quantitative estimate of drug-likeness (QED) is 0.695. The van der Waals surface area contributed by atoms with Crippen LogP contribution in [0.2, 0.25) is 10.0 Å². The van der Waals surface area contributed by atoms with Gasteiger partial charge in [0.05, 0.1) is 0 Å². The number of benzene rings is 2. The van der Waals surface area contributed by atoms with Gasteiger partial charge in [0.25, 0.3) is 0 Å². The van der Waals surface area contributed by atoms with Gasteiger partial charge in [0, 0.05) is 35.2 Å². The fourth-order valence-electron chi connectivity index (χ4n) is 2.32. The van der Waals surface area contributed by atoms with Gasteiger partial charge in [0.1, 0.15) is 0 Å². The minimum atomic E-state index is 0.310.